The first-order valence-electron chi connectivity index (χ1n) is 8.06. The molecule has 0 atom stereocenters. The maximum Gasteiger partial charge on any atom is 0.342 e. The van der Waals surface area contributed by atoms with Gasteiger partial charge in [0.2, 0.25) is 5.88 Å². The number of nitrogens with zero attached hydrogens (tertiary/aromatic N) is 1. The third kappa shape index (κ3) is 8.05. The third-order valence-corrected chi connectivity index (χ3v) is 4.12. The van der Waals surface area contributed by atoms with Crippen LogP contribution in [0.2, 0.25) is 0 Å². The number of carboxylic acids is 1. The van der Waals surface area contributed by atoms with Gasteiger partial charge in [-0.3, -0.25) is 0 Å². The van der Waals surface area contributed by atoms with E-state index in [1.54, 1.807) is 0 Å². The monoisotopic (exact) mass is 313 g/mol. The van der Waals surface area contributed by atoms with Crippen molar-refractivity contribution < 1.29 is 14.6 Å². The predicted octanol–water partition coefficient (Wildman–Crippen LogP) is 5.14. The van der Waals surface area contributed by atoms with Crippen LogP contribution in [0.3, 0.4) is 0 Å². The molecule has 1 heterocycles. The molecule has 1 aromatic rings. The average molecular weight is 313 g/mol. The largest absolute Gasteiger partial charge is 0.477 e. The van der Waals surface area contributed by atoms with Crippen LogP contribution in [-0.2, 0) is 0 Å². The van der Waals surface area contributed by atoms with Crippen molar-refractivity contribution in [3.63, 3.8) is 0 Å². The summed E-state index contributed by atoms with van der Waals surface area (Å²) in [5.74, 6) is -0.703. The van der Waals surface area contributed by atoms with Crippen LogP contribution in [0.25, 0.3) is 0 Å². The first-order valence-corrected chi connectivity index (χ1v) is 8.89. The highest BCUT2D eigenvalue weighted by molar-refractivity contribution is 7.04. The molecule has 0 spiro atoms. The van der Waals surface area contributed by atoms with Gasteiger partial charge in [-0.05, 0) is 18.0 Å². The van der Waals surface area contributed by atoms with Crippen molar-refractivity contribution in [2.45, 2.75) is 71.1 Å². The molecule has 0 amide bonds. The minimum absolute atomic E-state index is 0.173. The van der Waals surface area contributed by atoms with Crippen molar-refractivity contribution in [1.82, 2.24) is 4.37 Å². The van der Waals surface area contributed by atoms with Gasteiger partial charge in [-0.2, -0.15) is 4.37 Å². The SMILES string of the molecule is CCCCCCCCCCCCOc1nscc1C(=O)O. The smallest absolute Gasteiger partial charge is 0.342 e. The van der Waals surface area contributed by atoms with Crippen LogP contribution < -0.4 is 4.74 Å². The third-order valence-electron chi connectivity index (χ3n) is 3.50. The van der Waals surface area contributed by atoms with Crippen molar-refractivity contribution in [3.05, 3.63) is 10.9 Å². The summed E-state index contributed by atoms with van der Waals surface area (Å²) in [6, 6.07) is 0. The van der Waals surface area contributed by atoms with Crippen molar-refractivity contribution >= 4 is 17.5 Å². The molecule has 0 radical (unpaired) electrons. The zero-order valence-electron chi connectivity index (χ0n) is 13.0. The Labute approximate surface area is 131 Å². The molecule has 0 unspecified atom stereocenters. The molecular weight excluding hydrogens is 286 g/mol. The minimum atomic E-state index is -0.971. The van der Waals surface area contributed by atoms with E-state index in [4.69, 9.17) is 9.84 Å². The highest BCUT2D eigenvalue weighted by Gasteiger charge is 2.13. The van der Waals surface area contributed by atoms with Gasteiger partial charge in [0, 0.05) is 5.38 Å². The van der Waals surface area contributed by atoms with E-state index in [0.717, 1.165) is 24.4 Å². The Balaban J connectivity index is 1.93. The maximum absolute atomic E-state index is 10.9. The number of carbonyl (C=O) groups is 1. The molecule has 0 bridgehead atoms. The number of rotatable bonds is 13. The number of ether oxygens (including phenoxy) is 1. The van der Waals surface area contributed by atoms with Crippen LogP contribution in [0, 0.1) is 0 Å². The minimum Gasteiger partial charge on any atom is -0.477 e. The summed E-state index contributed by atoms with van der Waals surface area (Å²) in [4.78, 5) is 10.9. The van der Waals surface area contributed by atoms with Gasteiger partial charge in [0.25, 0.3) is 0 Å². The van der Waals surface area contributed by atoms with E-state index < -0.39 is 5.97 Å². The van der Waals surface area contributed by atoms with Crippen LogP contribution in [0.15, 0.2) is 5.38 Å². The molecule has 1 aromatic heterocycles. The molecule has 1 rings (SSSR count). The molecule has 4 nitrogen and oxygen atoms in total. The lowest BCUT2D eigenvalue weighted by Gasteiger charge is -2.04. The number of aromatic carboxylic acids is 1. The van der Waals surface area contributed by atoms with E-state index in [1.807, 2.05) is 0 Å². The highest BCUT2D eigenvalue weighted by atomic mass is 32.1. The molecule has 21 heavy (non-hydrogen) atoms. The Kier molecular flexibility index (Phi) is 9.87. The highest BCUT2D eigenvalue weighted by Crippen LogP contribution is 2.19. The topological polar surface area (TPSA) is 59.4 Å². The molecule has 0 aliphatic carbocycles. The molecule has 120 valence electrons. The van der Waals surface area contributed by atoms with E-state index >= 15 is 0 Å². The molecular formula is C16H27NO3S. The average Bonchev–Trinajstić information content (AvgIpc) is 2.93. The second-order valence-electron chi connectivity index (χ2n) is 5.37. The molecule has 0 aliphatic rings. The molecule has 1 N–H and O–H groups in total. The second kappa shape index (κ2) is 11.5. The quantitative estimate of drug-likeness (QED) is 0.512. The summed E-state index contributed by atoms with van der Waals surface area (Å²) >= 11 is 1.12. The van der Waals surface area contributed by atoms with Gasteiger partial charge in [-0.1, -0.05) is 64.7 Å². The fourth-order valence-electron chi connectivity index (χ4n) is 2.23. The lowest BCUT2D eigenvalue weighted by Crippen LogP contribution is -2.03. The Bertz CT molecular complexity index is 393. The first-order chi connectivity index (χ1) is 10.3. The van der Waals surface area contributed by atoms with Crippen molar-refractivity contribution in [3.8, 4) is 5.88 Å². The normalized spacial score (nSPS) is 10.7. The summed E-state index contributed by atoms with van der Waals surface area (Å²) in [7, 11) is 0. The number of hydrogen-bond donors (Lipinski definition) is 1. The van der Waals surface area contributed by atoms with Gasteiger partial charge in [0.05, 0.1) is 6.61 Å². The Morgan fingerprint density at radius 1 is 1.10 bits per heavy atom. The zero-order valence-corrected chi connectivity index (χ0v) is 13.8. The van der Waals surface area contributed by atoms with Crippen LogP contribution in [-0.4, -0.2) is 22.1 Å². The molecule has 5 heteroatoms. The van der Waals surface area contributed by atoms with Crippen LogP contribution in [0.5, 0.6) is 5.88 Å². The van der Waals surface area contributed by atoms with Crippen molar-refractivity contribution in [2.75, 3.05) is 6.61 Å². The van der Waals surface area contributed by atoms with Gasteiger partial charge in [0.1, 0.15) is 5.56 Å². The lowest BCUT2D eigenvalue weighted by molar-refractivity contribution is 0.0692. The summed E-state index contributed by atoms with van der Waals surface area (Å²) in [5, 5.41) is 10.4. The van der Waals surface area contributed by atoms with E-state index in [1.165, 1.54) is 56.7 Å². The van der Waals surface area contributed by atoms with Gasteiger partial charge >= 0.3 is 5.97 Å². The fourth-order valence-corrected chi connectivity index (χ4v) is 2.84. The molecule has 0 fully saturated rings. The zero-order chi connectivity index (χ0) is 15.3. The van der Waals surface area contributed by atoms with Crippen molar-refractivity contribution in [1.29, 1.82) is 0 Å². The molecule has 0 saturated heterocycles. The van der Waals surface area contributed by atoms with E-state index in [-0.39, 0.29) is 11.4 Å². The van der Waals surface area contributed by atoms with Gasteiger partial charge < -0.3 is 9.84 Å². The van der Waals surface area contributed by atoms with Gasteiger partial charge in [0.15, 0.2) is 0 Å². The van der Waals surface area contributed by atoms with Crippen molar-refractivity contribution in [2.24, 2.45) is 0 Å². The summed E-state index contributed by atoms with van der Waals surface area (Å²) in [5.41, 5.74) is 0.173. The fraction of sp³-hybridized carbons (Fsp3) is 0.750. The number of aromatic nitrogens is 1. The molecule has 0 aliphatic heterocycles. The summed E-state index contributed by atoms with van der Waals surface area (Å²) in [6.45, 7) is 2.80. The standard InChI is InChI=1S/C16H27NO3S/c1-2-3-4-5-6-7-8-9-10-11-12-20-15-14(16(18)19)13-21-17-15/h13H,2-12H2,1H3,(H,18,19). The van der Waals surface area contributed by atoms with E-state index in [9.17, 15) is 4.79 Å². The van der Waals surface area contributed by atoms with Crippen LogP contribution in [0.1, 0.15) is 81.5 Å². The van der Waals surface area contributed by atoms with Gasteiger partial charge in [-0.15, -0.1) is 0 Å². The molecule has 0 aromatic carbocycles. The summed E-state index contributed by atoms with van der Waals surface area (Å²) < 4.78 is 9.39. The molecule has 0 saturated carbocycles. The Morgan fingerprint density at radius 3 is 2.24 bits per heavy atom. The lowest BCUT2D eigenvalue weighted by atomic mass is 10.1. The Morgan fingerprint density at radius 2 is 1.67 bits per heavy atom. The summed E-state index contributed by atoms with van der Waals surface area (Å²) in [6.07, 6.45) is 12.8. The van der Waals surface area contributed by atoms with Gasteiger partial charge in [-0.25, -0.2) is 4.79 Å². The van der Waals surface area contributed by atoms with E-state index in [0.29, 0.717) is 6.61 Å². The number of unbranched alkanes of at least 4 members (excludes halogenated alkanes) is 9. The first kappa shape index (κ1) is 18.0. The second-order valence-corrected chi connectivity index (χ2v) is 6.00. The number of hydrogen-bond acceptors (Lipinski definition) is 4. The van der Waals surface area contributed by atoms with Crippen LogP contribution in [0.4, 0.5) is 0 Å². The Hall–Kier alpha value is -1.10. The van der Waals surface area contributed by atoms with E-state index in [2.05, 4.69) is 11.3 Å². The van der Waals surface area contributed by atoms with Crippen LogP contribution >= 0.6 is 11.5 Å². The maximum atomic E-state index is 10.9. The number of carboxylic acid groups (broad SMARTS) is 1. The predicted molar refractivity (Wildman–Crippen MR) is 86.4 cm³/mol.